The minimum atomic E-state index is -0.525. The lowest BCUT2D eigenvalue weighted by molar-refractivity contribution is 0.0999. The Bertz CT molecular complexity index is 1080. The molecular weight excluding hydrogens is 357 g/mol. The van der Waals surface area contributed by atoms with Crippen LogP contribution in [0.1, 0.15) is 40.7 Å². The highest BCUT2D eigenvalue weighted by molar-refractivity contribution is 5.95. The van der Waals surface area contributed by atoms with E-state index in [1.54, 1.807) is 18.5 Å². The topological polar surface area (TPSA) is 108 Å². The third kappa shape index (κ3) is 3.03. The van der Waals surface area contributed by atoms with Crippen molar-refractivity contribution in [3.8, 4) is 22.5 Å². The van der Waals surface area contributed by atoms with Gasteiger partial charge in [0, 0.05) is 28.4 Å². The molecule has 2 aromatic heterocycles. The molecule has 3 aromatic rings. The van der Waals surface area contributed by atoms with Crippen molar-refractivity contribution in [1.29, 1.82) is 0 Å². The van der Waals surface area contributed by atoms with Crippen molar-refractivity contribution in [2.45, 2.75) is 31.7 Å². The van der Waals surface area contributed by atoms with E-state index >= 15 is 0 Å². The maximum absolute atomic E-state index is 13.6. The first-order valence-electron chi connectivity index (χ1n) is 9.05. The van der Waals surface area contributed by atoms with Crippen molar-refractivity contribution in [3.05, 3.63) is 65.5 Å². The third-order valence-electron chi connectivity index (χ3n) is 5.39. The molecule has 1 aromatic carbocycles. The highest BCUT2D eigenvalue weighted by Gasteiger charge is 2.38. The lowest BCUT2D eigenvalue weighted by Crippen LogP contribution is -2.44. The summed E-state index contributed by atoms with van der Waals surface area (Å²) < 4.78 is 13.6. The SMILES string of the molecule is Cc1c(C(N)=O)ccc(-c2cncc(-c3cncc(F)c3)n2)c1C1(N)CCC1. The number of hydrogen-bond donors (Lipinski definition) is 2. The molecule has 0 bridgehead atoms. The number of aromatic nitrogens is 3. The lowest BCUT2D eigenvalue weighted by atomic mass is 9.69. The predicted octanol–water partition coefficient (Wildman–Crippen LogP) is 3.09. The lowest BCUT2D eigenvalue weighted by Gasteiger charge is -2.41. The van der Waals surface area contributed by atoms with Crippen LogP contribution in [0.2, 0.25) is 0 Å². The van der Waals surface area contributed by atoms with Crippen LogP contribution in [0.3, 0.4) is 0 Å². The summed E-state index contributed by atoms with van der Waals surface area (Å²) in [5.41, 5.74) is 16.2. The largest absolute Gasteiger partial charge is 0.366 e. The van der Waals surface area contributed by atoms with Crippen molar-refractivity contribution in [1.82, 2.24) is 15.0 Å². The van der Waals surface area contributed by atoms with Gasteiger partial charge in [-0.1, -0.05) is 6.07 Å². The van der Waals surface area contributed by atoms with Crippen LogP contribution >= 0.6 is 0 Å². The van der Waals surface area contributed by atoms with Gasteiger partial charge >= 0.3 is 0 Å². The number of hydrogen-bond acceptors (Lipinski definition) is 5. The number of amides is 1. The minimum Gasteiger partial charge on any atom is -0.366 e. The van der Waals surface area contributed by atoms with E-state index in [9.17, 15) is 9.18 Å². The van der Waals surface area contributed by atoms with E-state index in [1.165, 1.54) is 12.3 Å². The van der Waals surface area contributed by atoms with E-state index in [2.05, 4.69) is 15.0 Å². The molecule has 1 amide bonds. The molecule has 0 radical (unpaired) electrons. The van der Waals surface area contributed by atoms with Gasteiger partial charge in [-0.05, 0) is 49.4 Å². The number of halogens is 1. The molecule has 4 N–H and O–H groups in total. The molecule has 0 spiro atoms. The maximum Gasteiger partial charge on any atom is 0.248 e. The zero-order chi connectivity index (χ0) is 19.9. The predicted molar refractivity (Wildman–Crippen MR) is 104 cm³/mol. The van der Waals surface area contributed by atoms with Crippen molar-refractivity contribution < 1.29 is 9.18 Å². The summed E-state index contributed by atoms with van der Waals surface area (Å²) in [6, 6.07) is 4.86. The molecule has 4 rings (SSSR count). The first-order chi connectivity index (χ1) is 13.4. The first-order valence-corrected chi connectivity index (χ1v) is 9.05. The summed E-state index contributed by atoms with van der Waals surface area (Å²) in [5, 5.41) is 0. The van der Waals surface area contributed by atoms with E-state index in [0.717, 1.165) is 42.1 Å². The molecule has 7 heteroatoms. The zero-order valence-electron chi connectivity index (χ0n) is 15.4. The molecule has 1 aliphatic carbocycles. The minimum absolute atomic E-state index is 0.442. The Hall–Kier alpha value is -3.19. The highest BCUT2D eigenvalue weighted by Crippen LogP contribution is 2.45. The van der Waals surface area contributed by atoms with Crippen LogP contribution in [0.4, 0.5) is 4.39 Å². The van der Waals surface area contributed by atoms with Gasteiger partial charge in [0.2, 0.25) is 5.91 Å². The molecule has 0 saturated heterocycles. The van der Waals surface area contributed by atoms with Crippen molar-refractivity contribution in [3.63, 3.8) is 0 Å². The molecule has 1 saturated carbocycles. The van der Waals surface area contributed by atoms with Crippen LogP contribution < -0.4 is 11.5 Å². The Labute approximate surface area is 161 Å². The highest BCUT2D eigenvalue weighted by atomic mass is 19.1. The molecule has 0 unspecified atom stereocenters. The Morgan fingerprint density at radius 1 is 1.11 bits per heavy atom. The van der Waals surface area contributed by atoms with Gasteiger partial charge in [-0.25, -0.2) is 9.37 Å². The smallest absolute Gasteiger partial charge is 0.248 e. The Morgan fingerprint density at radius 2 is 1.82 bits per heavy atom. The molecule has 0 aliphatic heterocycles. The van der Waals surface area contributed by atoms with Gasteiger partial charge in [0.05, 0.1) is 30.0 Å². The second kappa shape index (κ2) is 6.76. The number of primary amides is 1. The number of benzene rings is 1. The maximum atomic E-state index is 13.6. The van der Waals surface area contributed by atoms with E-state index in [1.807, 2.05) is 13.0 Å². The van der Waals surface area contributed by atoms with Crippen LogP contribution in [0, 0.1) is 12.7 Å². The number of carbonyl (C=O) groups is 1. The average molecular weight is 377 g/mol. The number of nitrogens with two attached hydrogens (primary N) is 2. The van der Waals surface area contributed by atoms with E-state index < -0.39 is 17.3 Å². The molecule has 142 valence electrons. The average Bonchev–Trinajstić information content (AvgIpc) is 2.65. The fourth-order valence-electron chi connectivity index (χ4n) is 3.83. The van der Waals surface area contributed by atoms with Gasteiger partial charge in [0.15, 0.2) is 0 Å². The van der Waals surface area contributed by atoms with Gasteiger partial charge in [-0.15, -0.1) is 0 Å². The molecule has 6 nitrogen and oxygen atoms in total. The molecule has 1 fully saturated rings. The monoisotopic (exact) mass is 377 g/mol. The van der Waals surface area contributed by atoms with Crippen molar-refractivity contribution in [2.24, 2.45) is 11.5 Å². The van der Waals surface area contributed by atoms with Crippen LogP contribution in [-0.4, -0.2) is 20.9 Å². The summed E-state index contributed by atoms with van der Waals surface area (Å²) in [4.78, 5) is 24.6. The standard InChI is InChI=1S/C21H20FN5O/c1-12-15(20(23)28)3-4-16(19(12)21(24)5-2-6-21)18-11-26-10-17(27-18)13-7-14(22)9-25-8-13/h3-4,7-11H,2,5-6,24H2,1H3,(H2,23,28). The van der Waals surface area contributed by atoms with Gasteiger partial charge in [0.25, 0.3) is 0 Å². The quantitative estimate of drug-likeness (QED) is 0.726. The Kier molecular flexibility index (Phi) is 4.39. The summed E-state index contributed by atoms with van der Waals surface area (Å²) >= 11 is 0. The number of carbonyl (C=O) groups excluding carboxylic acids is 1. The van der Waals surface area contributed by atoms with Gasteiger partial charge in [-0.3, -0.25) is 14.8 Å². The fraction of sp³-hybridized carbons (Fsp3) is 0.238. The van der Waals surface area contributed by atoms with E-state index in [-0.39, 0.29) is 0 Å². The zero-order valence-corrected chi connectivity index (χ0v) is 15.4. The summed E-state index contributed by atoms with van der Waals surface area (Å²) in [6.45, 7) is 1.86. The number of nitrogens with zero attached hydrogens (tertiary/aromatic N) is 3. The normalized spacial score (nSPS) is 15.1. The number of pyridine rings is 1. The van der Waals surface area contributed by atoms with Crippen LogP contribution in [0.25, 0.3) is 22.5 Å². The molecule has 1 aliphatic rings. The summed E-state index contributed by atoms with van der Waals surface area (Å²) in [7, 11) is 0. The van der Waals surface area contributed by atoms with Crippen molar-refractivity contribution >= 4 is 5.91 Å². The molecule has 28 heavy (non-hydrogen) atoms. The Balaban J connectivity index is 1.89. The van der Waals surface area contributed by atoms with Gasteiger partial charge in [0.1, 0.15) is 5.82 Å². The summed E-state index contributed by atoms with van der Waals surface area (Å²) in [6.07, 6.45) is 8.55. The van der Waals surface area contributed by atoms with Crippen molar-refractivity contribution in [2.75, 3.05) is 0 Å². The van der Waals surface area contributed by atoms with Crippen LogP contribution in [0.15, 0.2) is 43.0 Å². The van der Waals surface area contributed by atoms with Crippen LogP contribution in [-0.2, 0) is 5.54 Å². The molecule has 2 heterocycles. The second-order valence-electron chi connectivity index (χ2n) is 7.22. The van der Waals surface area contributed by atoms with E-state index in [0.29, 0.717) is 22.5 Å². The number of rotatable bonds is 4. The third-order valence-corrected chi connectivity index (χ3v) is 5.39. The Morgan fingerprint density at radius 3 is 2.46 bits per heavy atom. The fourth-order valence-corrected chi connectivity index (χ4v) is 3.83. The molecule has 0 atom stereocenters. The van der Waals surface area contributed by atoms with E-state index in [4.69, 9.17) is 11.5 Å². The first kappa shape index (κ1) is 18.2. The summed E-state index contributed by atoms with van der Waals surface area (Å²) in [5.74, 6) is -0.929. The van der Waals surface area contributed by atoms with Gasteiger partial charge < -0.3 is 11.5 Å². The second-order valence-corrected chi connectivity index (χ2v) is 7.22. The van der Waals surface area contributed by atoms with Crippen LogP contribution in [0.5, 0.6) is 0 Å². The van der Waals surface area contributed by atoms with Gasteiger partial charge in [-0.2, -0.15) is 0 Å². The molecular formula is C21H20FN5O.